The zero-order chi connectivity index (χ0) is 27.5. The van der Waals surface area contributed by atoms with Gasteiger partial charge in [-0.3, -0.25) is 9.59 Å². The van der Waals surface area contributed by atoms with Gasteiger partial charge in [0.05, 0.1) is 17.5 Å². The number of aromatic nitrogens is 3. The number of benzene rings is 2. The first-order valence-corrected chi connectivity index (χ1v) is 14.0. The van der Waals surface area contributed by atoms with Gasteiger partial charge in [-0.05, 0) is 74.1 Å². The molecule has 2 N–H and O–H groups in total. The number of carbonyl (C=O) groups is 2. The van der Waals surface area contributed by atoms with Crippen molar-refractivity contribution in [1.29, 1.82) is 0 Å². The van der Waals surface area contributed by atoms with Gasteiger partial charge in [-0.1, -0.05) is 24.3 Å². The predicted molar refractivity (Wildman–Crippen MR) is 149 cm³/mol. The molecule has 1 saturated carbocycles. The third-order valence-corrected chi connectivity index (χ3v) is 8.71. The number of hydrogen-bond acceptors (Lipinski definition) is 5. The molecule has 2 aromatic carbocycles. The summed E-state index contributed by atoms with van der Waals surface area (Å²) in [6.45, 7) is 3.88. The molecule has 2 amide bonds. The first-order chi connectivity index (χ1) is 19.4. The topological polar surface area (TPSA) is 96.8 Å². The molecule has 4 heterocycles. The fourth-order valence-electron chi connectivity index (χ4n) is 6.24. The first-order valence-electron chi connectivity index (χ1n) is 14.0. The minimum atomic E-state index is -0.430. The molecule has 4 aromatic rings. The minimum Gasteiger partial charge on any atom is -0.371 e. The van der Waals surface area contributed by atoms with E-state index in [2.05, 4.69) is 24.0 Å². The van der Waals surface area contributed by atoms with Gasteiger partial charge < -0.3 is 15.5 Å². The minimum absolute atomic E-state index is 0.0204. The van der Waals surface area contributed by atoms with Crippen molar-refractivity contribution in [1.82, 2.24) is 19.5 Å². The molecule has 0 bridgehead atoms. The third-order valence-electron chi connectivity index (χ3n) is 8.71. The molecule has 40 heavy (non-hydrogen) atoms. The average molecular weight is 539 g/mol. The number of amides is 2. The van der Waals surface area contributed by atoms with Crippen LogP contribution in [0.5, 0.6) is 0 Å². The number of rotatable bonds is 5. The fraction of sp³-hybridized carbons (Fsp3) is 0.355. The van der Waals surface area contributed by atoms with Crippen molar-refractivity contribution >= 4 is 23.1 Å². The highest BCUT2D eigenvalue weighted by Crippen LogP contribution is 2.41. The van der Waals surface area contributed by atoms with Crippen molar-refractivity contribution in [3.05, 3.63) is 82.8 Å². The molecule has 1 aliphatic carbocycles. The highest BCUT2D eigenvalue weighted by Gasteiger charge is 2.32. The second-order valence-electron chi connectivity index (χ2n) is 11.3. The molecule has 0 radical (unpaired) electrons. The molecule has 3 aliphatic rings. The molecule has 2 aliphatic heterocycles. The Morgan fingerprint density at radius 1 is 1.02 bits per heavy atom. The van der Waals surface area contributed by atoms with Gasteiger partial charge in [0, 0.05) is 42.5 Å². The summed E-state index contributed by atoms with van der Waals surface area (Å²) in [7, 11) is 0. The largest absolute Gasteiger partial charge is 0.371 e. The Morgan fingerprint density at radius 3 is 2.60 bits per heavy atom. The van der Waals surface area contributed by atoms with Crippen LogP contribution in [0.25, 0.3) is 17.0 Å². The summed E-state index contributed by atoms with van der Waals surface area (Å²) < 4.78 is 17.2. The van der Waals surface area contributed by atoms with Crippen molar-refractivity contribution in [3.63, 3.8) is 0 Å². The van der Waals surface area contributed by atoms with Crippen LogP contribution in [-0.2, 0) is 11.2 Å². The number of anilines is 1. The Bertz CT molecular complexity index is 1660. The molecule has 0 unspecified atom stereocenters. The van der Waals surface area contributed by atoms with E-state index in [4.69, 9.17) is 10.8 Å². The van der Waals surface area contributed by atoms with Crippen LogP contribution in [0.4, 0.5) is 10.1 Å². The number of nitrogens with two attached hydrogens (primary N) is 1. The Balaban J connectivity index is 1.21. The lowest BCUT2D eigenvalue weighted by atomic mass is 9.93. The molecule has 0 spiro atoms. The molecular formula is C31H31FN6O2. The zero-order valence-electron chi connectivity index (χ0n) is 22.4. The molecule has 7 rings (SSSR count). The van der Waals surface area contributed by atoms with E-state index in [9.17, 15) is 9.59 Å². The second-order valence-corrected chi connectivity index (χ2v) is 11.3. The standard InChI is InChI=1S/C31H31FN6O2/c1-18-24-5-3-2-4-19(24)11-13-37(18)31(40)22-14-27(20-6-7-20)38-28(15-22)34-30(35-38)25-9-8-23(16-26(25)32)36-12-10-21(17-36)29(33)39/h2-5,8-9,14-16,18,20-21H,6-7,10-13,17H2,1H3,(H2,33,39)/t18-,21+/m1/s1. The monoisotopic (exact) mass is 538 g/mol. The van der Waals surface area contributed by atoms with Crippen LogP contribution in [0.3, 0.4) is 0 Å². The maximum absolute atomic E-state index is 15.4. The number of primary amides is 1. The molecule has 204 valence electrons. The van der Waals surface area contributed by atoms with Gasteiger partial charge in [-0.2, -0.15) is 0 Å². The summed E-state index contributed by atoms with van der Waals surface area (Å²) in [5, 5.41) is 4.69. The highest BCUT2D eigenvalue weighted by molar-refractivity contribution is 5.96. The zero-order valence-corrected chi connectivity index (χ0v) is 22.4. The molecular weight excluding hydrogens is 507 g/mol. The maximum Gasteiger partial charge on any atom is 0.254 e. The van der Waals surface area contributed by atoms with Crippen molar-refractivity contribution in [2.45, 2.75) is 44.6 Å². The van der Waals surface area contributed by atoms with E-state index in [1.165, 1.54) is 17.2 Å². The van der Waals surface area contributed by atoms with Gasteiger partial charge in [-0.25, -0.2) is 13.9 Å². The average Bonchev–Trinajstić information content (AvgIpc) is 3.51. The SMILES string of the molecule is C[C@@H]1c2ccccc2CCN1C(=O)c1cc(C2CC2)n2nc(-c3ccc(N4CC[C@H](C(N)=O)C4)cc3F)nc2c1. The van der Waals surface area contributed by atoms with Gasteiger partial charge in [0.15, 0.2) is 11.5 Å². The predicted octanol–water partition coefficient (Wildman–Crippen LogP) is 4.48. The fourth-order valence-corrected chi connectivity index (χ4v) is 6.24. The van der Waals surface area contributed by atoms with E-state index in [1.54, 1.807) is 16.6 Å². The number of fused-ring (bicyclic) bond motifs is 2. The van der Waals surface area contributed by atoms with Gasteiger partial charge in [-0.15, -0.1) is 5.10 Å². The lowest BCUT2D eigenvalue weighted by molar-refractivity contribution is -0.121. The van der Waals surface area contributed by atoms with E-state index in [0.717, 1.165) is 25.0 Å². The summed E-state index contributed by atoms with van der Waals surface area (Å²) >= 11 is 0. The summed E-state index contributed by atoms with van der Waals surface area (Å²) in [6.07, 6.45) is 3.55. The van der Waals surface area contributed by atoms with Gasteiger partial charge in [0.25, 0.3) is 5.91 Å². The Morgan fingerprint density at radius 2 is 1.85 bits per heavy atom. The van der Waals surface area contributed by atoms with E-state index in [1.807, 2.05) is 34.1 Å². The van der Waals surface area contributed by atoms with E-state index in [0.29, 0.717) is 54.4 Å². The Kier molecular flexibility index (Phi) is 5.83. The summed E-state index contributed by atoms with van der Waals surface area (Å²) in [5.74, 6) is -0.398. The number of pyridine rings is 1. The van der Waals surface area contributed by atoms with Crippen molar-refractivity contribution in [3.8, 4) is 11.4 Å². The van der Waals surface area contributed by atoms with Crippen LogP contribution in [-0.4, -0.2) is 50.9 Å². The number of nitrogens with zero attached hydrogens (tertiary/aromatic N) is 5. The van der Waals surface area contributed by atoms with Crippen LogP contribution in [0.15, 0.2) is 54.6 Å². The molecule has 2 fully saturated rings. The molecule has 2 atom stereocenters. The van der Waals surface area contributed by atoms with E-state index < -0.39 is 5.82 Å². The number of hydrogen-bond donors (Lipinski definition) is 1. The molecule has 9 heteroatoms. The lowest BCUT2D eigenvalue weighted by Gasteiger charge is -2.35. The third kappa shape index (κ3) is 4.20. The number of carbonyl (C=O) groups excluding carboxylic acids is 2. The van der Waals surface area contributed by atoms with Crippen LogP contribution in [0, 0.1) is 11.7 Å². The second kappa shape index (κ2) is 9.43. The molecule has 2 aromatic heterocycles. The van der Waals surface area contributed by atoms with Gasteiger partial charge >= 0.3 is 0 Å². The summed E-state index contributed by atoms with van der Waals surface area (Å²) in [4.78, 5) is 33.9. The van der Waals surface area contributed by atoms with Crippen molar-refractivity contribution in [2.75, 3.05) is 24.5 Å². The molecule has 8 nitrogen and oxygen atoms in total. The number of halogens is 1. The van der Waals surface area contributed by atoms with E-state index in [-0.39, 0.29) is 29.6 Å². The van der Waals surface area contributed by atoms with Crippen LogP contribution in [0.2, 0.25) is 0 Å². The summed E-state index contributed by atoms with van der Waals surface area (Å²) in [6, 6.07) is 17.0. The van der Waals surface area contributed by atoms with Crippen molar-refractivity contribution < 1.29 is 14.0 Å². The molecule has 1 saturated heterocycles. The normalized spacial score (nSPS) is 20.6. The summed E-state index contributed by atoms with van der Waals surface area (Å²) in [5.41, 5.74) is 11.0. The van der Waals surface area contributed by atoms with Gasteiger partial charge in [0.1, 0.15) is 5.82 Å². The quantitative estimate of drug-likeness (QED) is 0.404. The van der Waals surface area contributed by atoms with E-state index >= 15 is 4.39 Å². The van der Waals surface area contributed by atoms with Crippen molar-refractivity contribution in [2.24, 2.45) is 11.7 Å². The maximum atomic E-state index is 15.4. The van der Waals surface area contributed by atoms with Crippen LogP contribution in [0.1, 0.15) is 65.3 Å². The van der Waals surface area contributed by atoms with Gasteiger partial charge in [0.2, 0.25) is 5.91 Å². The van der Waals surface area contributed by atoms with Crippen LogP contribution >= 0.6 is 0 Å². The Labute approximate surface area is 231 Å². The van der Waals surface area contributed by atoms with Crippen LogP contribution < -0.4 is 10.6 Å². The Hall–Kier alpha value is -4.27. The smallest absolute Gasteiger partial charge is 0.254 e. The highest BCUT2D eigenvalue weighted by atomic mass is 19.1. The first kappa shape index (κ1) is 24.7. The lowest BCUT2D eigenvalue weighted by Crippen LogP contribution is -2.38.